The van der Waals surface area contributed by atoms with Crippen molar-refractivity contribution >= 4 is 35.3 Å². The molecule has 3 aromatic rings. The maximum atomic E-state index is 15.1. The molecular weight excluding hydrogens is 662 g/mol. The second-order valence-corrected chi connectivity index (χ2v) is 12.5. The van der Waals surface area contributed by atoms with Crippen LogP contribution in [0.2, 0.25) is 0 Å². The lowest BCUT2D eigenvalue weighted by atomic mass is 9.84. The average molecular weight is 699 g/mol. The molecule has 0 bridgehead atoms. The fourth-order valence-electron chi connectivity index (χ4n) is 5.65. The monoisotopic (exact) mass is 698 g/mol. The van der Waals surface area contributed by atoms with Gasteiger partial charge in [0, 0.05) is 51.8 Å². The van der Waals surface area contributed by atoms with Gasteiger partial charge in [-0.25, -0.2) is 0 Å². The molecule has 0 radical (unpaired) electrons. The SMILES string of the molecule is CCCCN(CCCC)c1cc(OC)c(/C=C/c2ccc(/C=C/C3=C(C#N)C(=C(C#N)C#N)OC3(c3ccccc3)C(F)(F)F)s2)c(OC)c1. The molecule has 1 aliphatic rings. The van der Waals surface area contributed by atoms with Crippen LogP contribution in [0.5, 0.6) is 11.5 Å². The van der Waals surface area contributed by atoms with E-state index >= 15 is 13.2 Å². The third-order valence-corrected chi connectivity index (χ3v) is 9.22. The fraction of sp³-hybridized carbons (Fsp3) is 0.308. The van der Waals surface area contributed by atoms with Gasteiger partial charge >= 0.3 is 6.18 Å². The number of rotatable bonds is 14. The molecule has 258 valence electrons. The highest BCUT2D eigenvalue weighted by molar-refractivity contribution is 7.13. The van der Waals surface area contributed by atoms with Gasteiger partial charge in [0.15, 0.2) is 11.3 Å². The number of methoxy groups -OCH3 is 2. The number of thiophene rings is 1. The predicted octanol–water partition coefficient (Wildman–Crippen LogP) is 9.96. The molecule has 0 aliphatic carbocycles. The highest BCUT2D eigenvalue weighted by Crippen LogP contribution is 2.56. The molecule has 0 spiro atoms. The summed E-state index contributed by atoms with van der Waals surface area (Å²) < 4.78 is 62.3. The molecule has 0 fully saturated rings. The number of anilines is 1. The van der Waals surface area contributed by atoms with E-state index in [0.29, 0.717) is 16.4 Å². The molecule has 2 aromatic carbocycles. The molecule has 0 saturated carbocycles. The molecule has 2 heterocycles. The van der Waals surface area contributed by atoms with E-state index in [1.807, 2.05) is 30.4 Å². The minimum atomic E-state index is -5.06. The number of nitriles is 3. The second kappa shape index (κ2) is 16.8. The first-order valence-corrected chi connectivity index (χ1v) is 16.9. The van der Waals surface area contributed by atoms with E-state index in [-0.39, 0.29) is 5.56 Å². The number of ether oxygens (including phenoxy) is 3. The van der Waals surface area contributed by atoms with Crippen molar-refractivity contribution in [3.05, 3.63) is 104 Å². The van der Waals surface area contributed by atoms with Crippen LogP contribution in [0.1, 0.15) is 60.4 Å². The minimum absolute atomic E-state index is 0.298. The van der Waals surface area contributed by atoms with Crippen LogP contribution in [-0.2, 0) is 10.3 Å². The third kappa shape index (κ3) is 7.72. The number of hydrogen-bond acceptors (Lipinski definition) is 8. The highest BCUT2D eigenvalue weighted by atomic mass is 32.1. The minimum Gasteiger partial charge on any atom is -0.496 e. The van der Waals surface area contributed by atoms with Crippen LogP contribution < -0.4 is 14.4 Å². The van der Waals surface area contributed by atoms with Crippen LogP contribution >= 0.6 is 11.3 Å². The Hall–Kier alpha value is -5.44. The van der Waals surface area contributed by atoms with Crippen LogP contribution in [0.25, 0.3) is 18.2 Å². The van der Waals surface area contributed by atoms with Crippen molar-refractivity contribution in [2.75, 3.05) is 32.2 Å². The maximum Gasteiger partial charge on any atom is 0.437 e. The maximum absolute atomic E-state index is 15.1. The van der Waals surface area contributed by atoms with Crippen molar-refractivity contribution in [2.45, 2.75) is 51.3 Å². The summed E-state index contributed by atoms with van der Waals surface area (Å²) in [5.74, 6) is 0.579. The number of halogens is 3. The van der Waals surface area contributed by atoms with Gasteiger partial charge in [-0.15, -0.1) is 11.3 Å². The summed E-state index contributed by atoms with van der Waals surface area (Å²) >= 11 is 1.31. The zero-order valence-electron chi connectivity index (χ0n) is 28.3. The van der Waals surface area contributed by atoms with Gasteiger partial charge in [0.1, 0.15) is 35.3 Å². The predicted molar refractivity (Wildman–Crippen MR) is 190 cm³/mol. The molecule has 0 saturated heterocycles. The summed E-state index contributed by atoms with van der Waals surface area (Å²) in [7, 11) is 3.22. The standard InChI is InChI=1S/C39H37F3N4O3S/c1-5-7-20-46(21-8-6-2)29-22-35(47-3)32(36(23-29)48-4)18-16-30-14-15-31(50-30)17-19-34-33(26-45)37(27(24-43)25-44)49-38(34,39(40,41)42)28-12-10-9-11-13-28/h9-19,22-23H,5-8,20-21H2,1-4H3/b18-16+,19-17+. The van der Waals surface area contributed by atoms with Crippen molar-refractivity contribution in [3.8, 4) is 29.7 Å². The molecular formula is C39H37F3N4O3S. The van der Waals surface area contributed by atoms with Crippen LogP contribution in [0.4, 0.5) is 18.9 Å². The average Bonchev–Trinajstić information content (AvgIpc) is 3.73. The Labute approximate surface area is 295 Å². The van der Waals surface area contributed by atoms with Crippen molar-refractivity contribution in [1.29, 1.82) is 15.8 Å². The molecule has 11 heteroatoms. The third-order valence-electron chi connectivity index (χ3n) is 8.21. The lowest BCUT2D eigenvalue weighted by molar-refractivity contribution is -0.249. The lowest BCUT2D eigenvalue weighted by Gasteiger charge is -2.33. The zero-order valence-corrected chi connectivity index (χ0v) is 29.1. The number of nitrogens with zero attached hydrogens (tertiary/aromatic N) is 4. The van der Waals surface area contributed by atoms with Crippen LogP contribution in [0.3, 0.4) is 0 Å². The molecule has 0 N–H and O–H groups in total. The lowest BCUT2D eigenvalue weighted by Crippen LogP contribution is -2.43. The molecule has 4 rings (SSSR count). The van der Waals surface area contributed by atoms with E-state index in [2.05, 4.69) is 18.7 Å². The number of alkyl halides is 3. The van der Waals surface area contributed by atoms with E-state index < -0.39 is 34.3 Å². The summed E-state index contributed by atoms with van der Waals surface area (Å²) in [5.41, 5.74) is -3.45. The molecule has 1 atom stereocenters. The normalized spacial score (nSPS) is 15.9. The Balaban J connectivity index is 1.73. The Morgan fingerprint density at radius 2 is 1.42 bits per heavy atom. The molecule has 1 aliphatic heterocycles. The molecule has 1 aromatic heterocycles. The van der Waals surface area contributed by atoms with Crippen molar-refractivity contribution in [2.24, 2.45) is 0 Å². The Bertz CT molecular complexity index is 1870. The summed E-state index contributed by atoms with van der Waals surface area (Å²) in [6, 6.07) is 19.3. The molecule has 50 heavy (non-hydrogen) atoms. The second-order valence-electron chi connectivity index (χ2n) is 11.3. The zero-order chi connectivity index (χ0) is 36.3. The van der Waals surface area contributed by atoms with Crippen molar-refractivity contribution in [3.63, 3.8) is 0 Å². The first-order chi connectivity index (χ1) is 24.1. The summed E-state index contributed by atoms with van der Waals surface area (Å²) in [6.45, 7) is 6.18. The molecule has 1 unspecified atom stereocenters. The number of unbranched alkanes of at least 4 members (excludes halogenated alkanes) is 2. The van der Waals surface area contributed by atoms with Crippen molar-refractivity contribution < 1.29 is 27.4 Å². The number of hydrogen-bond donors (Lipinski definition) is 0. The smallest absolute Gasteiger partial charge is 0.437 e. The Morgan fingerprint density at radius 1 is 0.860 bits per heavy atom. The van der Waals surface area contributed by atoms with Crippen molar-refractivity contribution in [1.82, 2.24) is 0 Å². The van der Waals surface area contributed by atoms with Gasteiger partial charge in [0.05, 0.1) is 19.8 Å². The van der Waals surface area contributed by atoms with Crippen LogP contribution in [0.15, 0.2) is 83.2 Å². The number of benzene rings is 2. The summed E-state index contributed by atoms with van der Waals surface area (Å²) in [4.78, 5) is 3.73. The van der Waals surface area contributed by atoms with E-state index in [4.69, 9.17) is 14.2 Å². The van der Waals surface area contributed by atoms with Gasteiger partial charge in [0.25, 0.3) is 5.60 Å². The van der Waals surface area contributed by atoms with Gasteiger partial charge in [-0.3, -0.25) is 0 Å². The highest BCUT2D eigenvalue weighted by Gasteiger charge is 2.65. The van der Waals surface area contributed by atoms with Gasteiger partial charge in [-0.2, -0.15) is 29.0 Å². The van der Waals surface area contributed by atoms with Gasteiger partial charge in [0.2, 0.25) is 0 Å². The summed E-state index contributed by atoms with van der Waals surface area (Å²) in [6.07, 6.45) is 5.60. The number of allylic oxidation sites excluding steroid dienone is 2. The van der Waals surface area contributed by atoms with Gasteiger partial charge in [-0.1, -0.05) is 63.1 Å². The van der Waals surface area contributed by atoms with Crippen LogP contribution in [-0.4, -0.2) is 33.5 Å². The Morgan fingerprint density at radius 3 is 1.90 bits per heavy atom. The van der Waals surface area contributed by atoms with E-state index in [9.17, 15) is 15.8 Å². The van der Waals surface area contributed by atoms with E-state index in [0.717, 1.165) is 54.9 Å². The van der Waals surface area contributed by atoms with E-state index in [1.54, 1.807) is 44.6 Å². The summed E-state index contributed by atoms with van der Waals surface area (Å²) in [5, 5.41) is 29.0. The molecule has 7 nitrogen and oxygen atoms in total. The van der Waals surface area contributed by atoms with Gasteiger partial charge < -0.3 is 19.1 Å². The quantitative estimate of drug-likeness (QED) is 0.154. The molecule has 0 amide bonds. The largest absolute Gasteiger partial charge is 0.496 e. The van der Waals surface area contributed by atoms with E-state index in [1.165, 1.54) is 47.8 Å². The van der Waals surface area contributed by atoms with Crippen LogP contribution in [0, 0.1) is 34.0 Å². The fourth-order valence-corrected chi connectivity index (χ4v) is 6.47. The first kappa shape index (κ1) is 37.4. The van der Waals surface area contributed by atoms with Gasteiger partial charge in [-0.05, 0) is 43.2 Å². The topological polar surface area (TPSA) is 102 Å². The first-order valence-electron chi connectivity index (χ1n) is 16.1. The Kier molecular flexibility index (Phi) is 12.5.